The van der Waals surface area contributed by atoms with Crippen LogP contribution in [-0.4, -0.2) is 71.4 Å². The van der Waals surface area contributed by atoms with Crippen LogP contribution in [0.2, 0.25) is 0 Å². The van der Waals surface area contributed by atoms with E-state index in [9.17, 15) is 9.59 Å². The summed E-state index contributed by atoms with van der Waals surface area (Å²) in [4.78, 5) is 28.9. The van der Waals surface area contributed by atoms with E-state index in [1.54, 1.807) is 22.8 Å². The zero-order valence-corrected chi connectivity index (χ0v) is 21.2. The fourth-order valence-corrected chi connectivity index (χ4v) is 4.05. The van der Waals surface area contributed by atoms with E-state index in [0.29, 0.717) is 30.7 Å². The molecular weight excluding hydrogens is 426 g/mol. The third-order valence-electron chi connectivity index (χ3n) is 6.59. The lowest BCUT2D eigenvalue weighted by atomic mass is 9.77. The first-order valence-electron chi connectivity index (χ1n) is 11.5. The molecule has 3 rings (SSSR count). The molecule has 2 aliphatic heterocycles. The van der Waals surface area contributed by atoms with Crippen LogP contribution in [0.5, 0.6) is 0 Å². The van der Waals surface area contributed by atoms with E-state index in [1.807, 2.05) is 55.4 Å². The van der Waals surface area contributed by atoms with Crippen molar-refractivity contribution >= 4 is 24.6 Å². The molecule has 2 amide bonds. The number of piperazine rings is 1. The van der Waals surface area contributed by atoms with Crippen molar-refractivity contribution < 1.29 is 28.0 Å². The number of amides is 2. The van der Waals surface area contributed by atoms with Crippen molar-refractivity contribution in [3.63, 3.8) is 0 Å². The van der Waals surface area contributed by atoms with E-state index in [2.05, 4.69) is 0 Å². The van der Waals surface area contributed by atoms with Gasteiger partial charge in [0.25, 0.3) is 5.91 Å². The summed E-state index contributed by atoms with van der Waals surface area (Å²) in [6, 6.07) is 2.83. The fourth-order valence-electron chi connectivity index (χ4n) is 4.05. The Morgan fingerprint density at radius 1 is 1.12 bits per heavy atom. The number of ether oxygens (including phenoxy) is 1. The molecule has 2 saturated heterocycles. The molecule has 0 aliphatic carbocycles. The van der Waals surface area contributed by atoms with Gasteiger partial charge in [-0.1, -0.05) is 6.07 Å². The predicted octanol–water partition coefficient (Wildman–Crippen LogP) is 3.51. The van der Waals surface area contributed by atoms with Crippen molar-refractivity contribution in [2.45, 2.75) is 85.2 Å². The summed E-state index contributed by atoms with van der Waals surface area (Å²) in [6.07, 6.45) is -0.406. The maximum absolute atomic E-state index is 15.2. The van der Waals surface area contributed by atoms with Gasteiger partial charge in [0, 0.05) is 25.7 Å². The van der Waals surface area contributed by atoms with Gasteiger partial charge in [0.1, 0.15) is 11.4 Å². The SMILES string of the molecule is Cc1cc(B2OC(C)(C)C(C)(C)O2)cc(F)c1C(=O)N1CCN(C(=O)OC(C)(C)C)C(C)C1. The van der Waals surface area contributed by atoms with Crippen LogP contribution in [0, 0.1) is 12.7 Å². The maximum Gasteiger partial charge on any atom is 0.494 e. The van der Waals surface area contributed by atoms with E-state index in [1.165, 1.54) is 6.07 Å². The average molecular weight is 462 g/mol. The summed E-state index contributed by atoms with van der Waals surface area (Å²) in [7, 11) is -0.704. The van der Waals surface area contributed by atoms with Crippen LogP contribution < -0.4 is 5.46 Å². The fraction of sp³-hybridized carbons (Fsp3) is 0.667. The molecule has 1 aromatic carbocycles. The van der Waals surface area contributed by atoms with Crippen LogP contribution in [0.4, 0.5) is 9.18 Å². The summed E-state index contributed by atoms with van der Waals surface area (Å²) >= 11 is 0. The summed E-state index contributed by atoms with van der Waals surface area (Å²) in [5, 5.41) is 0. The van der Waals surface area contributed by atoms with Gasteiger partial charge >= 0.3 is 13.2 Å². The van der Waals surface area contributed by atoms with Gasteiger partial charge in [0.05, 0.1) is 16.8 Å². The number of aryl methyl sites for hydroxylation is 1. The summed E-state index contributed by atoms with van der Waals surface area (Å²) in [5.41, 5.74) is -0.576. The first-order valence-corrected chi connectivity index (χ1v) is 11.5. The van der Waals surface area contributed by atoms with E-state index < -0.39 is 35.8 Å². The van der Waals surface area contributed by atoms with Gasteiger partial charge in [-0.2, -0.15) is 0 Å². The van der Waals surface area contributed by atoms with Gasteiger partial charge in [0.15, 0.2) is 0 Å². The second kappa shape index (κ2) is 8.58. The minimum Gasteiger partial charge on any atom is -0.444 e. The lowest BCUT2D eigenvalue weighted by Crippen LogP contribution is -2.56. The molecule has 1 atom stereocenters. The molecule has 9 heteroatoms. The third-order valence-corrected chi connectivity index (χ3v) is 6.59. The molecule has 2 fully saturated rings. The zero-order valence-electron chi connectivity index (χ0n) is 21.2. The Kier molecular flexibility index (Phi) is 6.63. The second-order valence-corrected chi connectivity index (χ2v) is 11.1. The summed E-state index contributed by atoms with van der Waals surface area (Å²) < 4.78 is 32.7. The standard InChI is InChI=1S/C24H36BFN2O5/c1-15-12-17(25-32-23(6,7)24(8,9)33-25)13-18(26)19(15)20(29)27-10-11-28(16(2)14-27)21(30)31-22(3,4)5/h12-13,16H,10-11,14H2,1-9H3. The molecule has 0 bridgehead atoms. The highest BCUT2D eigenvalue weighted by molar-refractivity contribution is 6.62. The molecule has 0 N–H and O–H groups in total. The van der Waals surface area contributed by atoms with Gasteiger partial charge in [-0.05, 0) is 79.4 Å². The van der Waals surface area contributed by atoms with Crippen LogP contribution in [0.3, 0.4) is 0 Å². The number of benzene rings is 1. The third kappa shape index (κ3) is 5.19. The Bertz CT molecular complexity index is 904. The van der Waals surface area contributed by atoms with Gasteiger partial charge in [0.2, 0.25) is 0 Å². The quantitative estimate of drug-likeness (QED) is 0.630. The van der Waals surface area contributed by atoms with Crippen molar-refractivity contribution in [3.8, 4) is 0 Å². The Morgan fingerprint density at radius 3 is 2.18 bits per heavy atom. The number of hydrogen-bond donors (Lipinski definition) is 0. The molecule has 2 aliphatic rings. The van der Waals surface area contributed by atoms with Gasteiger partial charge in [-0.3, -0.25) is 4.79 Å². The Labute approximate surface area is 196 Å². The highest BCUT2D eigenvalue weighted by atomic mass is 19.1. The molecule has 33 heavy (non-hydrogen) atoms. The number of rotatable bonds is 2. The van der Waals surface area contributed by atoms with Crippen molar-refractivity contribution in [1.29, 1.82) is 0 Å². The van der Waals surface area contributed by atoms with Crippen LogP contribution >= 0.6 is 0 Å². The van der Waals surface area contributed by atoms with Crippen LogP contribution in [0.25, 0.3) is 0 Å². The number of carbonyl (C=O) groups excluding carboxylic acids is 2. The Hall–Kier alpha value is -2.13. The average Bonchev–Trinajstić information content (AvgIpc) is 2.86. The number of nitrogens with zero attached hydrogens (tertiary/aromatic N) is 2. The lowest BCUT2D eigenvalue weighted by Gasteiger charge is -2.40. The van der Waals surface area contributed by atoms with E-state index >= 15 is 4.39 Å². The van der Waals surface area contributed by atoms with E-state index in [-0.39, 0.29) is 17.5 Å². The zero-order chi connectivity index (χ0) is 24.9. The van der Waals surface area contributed by atoms with Crippen molar-refractivity contribution in [2.24, 2.45) is 0 Å². The highest BCUT2D eigenvalue weighted by Crippen LogP contribution is 2.36. The van der Waals surface area contributed by atoms with Crippen LogP contribution in [-0.2, 0) is 14.0 Å². The highest BCUT2D eigenvalue weighted by Gasteiger charge is 2.52. The first-order chi connectivity index (χ1) is 15.0. The first kappa shape index (κ1) is 25.5. The minimum atomic E-state index is -0.704. The smallest absolute Gasteiger partial charge is 0.444 e. The molecule has 182 valence electrons. The maximum atomic E-state index is 15.2. The molecule has 7 nitrogen and oxygen atoms in total. The number of hydrogen-bond acceptors (Lipinski definition) is 5. The molecule has 1 unspecified atom stereocenters. The largest absolute Gasteiger partial charge is 0.494 e. The number of carbonyl (C=O) groups is 2. The van der Waals surface area contributed by atoms with E-state index in [4.69, 9.17) is 14.0 Å². The molecule has 1 aromatic rings. The van der Waals surface area contributed by atoms with Gasteiger partial charge in [-0.15, -0.1) is 0 Å². The molecule has 0 spiro atoms. The van der Waals surface area contributed by atoms with Crippen LogP contribution in [0.1, 0.15) is 71.3 Å². The minimum absolute atomic E-state index is 0.0354. The summed E-state index contributed by atoms with van der Waals surface area (Å²) in [6.45, 7) is 17.7. The topological polar surface area (TPSA) is 68.3 Å². The normalized spacial score (nSPS) is 22.5. The predicted molar refractivity (Wildman–Crippen MR) is 125 cm³/mol. The molecule has 0 radical (unpaired) electrons. The molecular formula is C24H36BFN2O5. The van der Waals surface area contributed by atoms with Gasteiger partial charge in [-0.25, -0.2) is 9.18 Å². The molecule has 0 saturated carbocycles. The van der Waals surface area contributed by atoms with Gasteiger partial charge < -0.3 is 23.8 Å². The Morgan fingerprint density at radius 2 is 1.70 bits per heavy atom. The van der Waals surface area contributed by atoms with E-state index in [0.717, 1.165) is 0 Å². The summed E-state index contributed by atoms with van der Waals surface area (Å²) in [5.74, 6) is -0.993. The van der Waals surface area contributed by atoms with Crippen molar-refractivity contribution in [1.82, 2.24) is 9.80 Å². The number of halogens is 1. The monoisotopic (exact) mass is 462 g/mol. The molecule has 2 heterocycles. The van der Waals surface area contributed by atoms with Crippen LogP contribution in [0.15, 0.2) is 12.1 Å². The second-order valence-electron chi connectivity index (χ2n) is 11.1. The van der Waals surface area contributed by atoms with Crippen molar-refractivity contribution in [2.75, 3.05) is 19.6 Å². The van der Waals surface area contributed by atoms with Crippen molar-refractivity contribution in [3.05, 3.63) is 29.1 Å². The Balaban J connectivity index is 1.74. The lowest BCUT2D eigenvalue weighted by molar-refractivity contribution is 0.00189. The molecule has 0 aromatic heterocycles.